The lowest BCUT2D eigenvalue weighted by molar-refractivity contribution is 0.411. The molecule has 0 saturated carbocycles. The smallest absolute Gasteiger partial charge is 0.124 e. The molecule has 0 spiro atoms. The summed E-state index contributed by atoms with van der Waals surface area (Å²) in [6.45, 7) is 16.9. The monoisotopic (exact) mass is 456 g/mol. The van der Waals surface area contributed by atoms with Crippen molar-refractivity contribution in [3.05, 3.63) is 69.3 Å². The van der Waals surface area contributed by atoms with E-state index < -0.39 is 0 Å². The number of allylic oxidation sites excluding steroid dienone is 6. The Bertz CT molecular complexity index is 836. The van der Waals surface area contributed by atoms with E-state index in [2.05, 4.69) is 68.9 Å². The van der Waals surface area contributed by atoms with Crippen LogP contribution in [0.25, 0.3) is 0 Å². The molecule has 2 N–H and O–H groups in total. The van der Waals surface area contributed by atoms with E-state index in [0.29, 0.717) is 0 Å². The molecule has 0 radical (unpaired) electrons. The van der Waals surface area contributed by atoms with Crippen molar-refractivity contribution in [3.63, 3.8) is 0 Å². The maximum absolute atomic E-state index is 10.9. The first kappa shape index (κ1) is 22.0. The molecule has 3 heteroatoms. The highest BCUT2D eigenvalue weighted by Crippen LogP contribution is 2.52. The molecule has 0 amide bonds. The highest BCUT2D eigenvalue weighted by molar-refractivity contribution is 9.10. The molecule has 2 aliphatic carbocycles. The lowest BCUT2D eigenvalue weighted by Gasteiger charge is -2.35. The summed E-state index contributed by atoms with van der Waals surface area (Å²) < 4.78 is 0.819. The van der Waals surface area contributed by atoms with E-state index in [1.165, 1.54) is 17.2 Å². The Morgan fingerprint density at radius 3 is 1.59 bits per heavy atom. The third-order valence-corrected chi connectivity index (χ3v) is 7.58. The largest absolute Gasteiger partial charge is 0.507 e. The third-order valence-electron chi connectivity index (χ3n) is 6.73. The Morgan fingerprint density at radius 2 is 1.24 bits per heavy atom. The van der Waals surface area contributed by atoms with Crippen molar-refractivity contribution < 1.29 is 10.2 Å². The van der Waals surface area contributed by atoms with Crippen LogP contribution in [0.3, 0.4) is 0 Å². The lowest BCUT2D eigenvalue weighted by Crippen LogP contribution is -2.20. The summed E-state index contributed by atoms with van der Waals surface area (Å²) >= 11 is 3.81. The van der Waals surface area contributed by atoms with Gasteiger partial charge in [0.25, 0.3) is 0 Å². The molecular formula is C26H33BrO2. The first-order valence-corrected chi connectivity index (χ1v) is 11.3. The number of halogens is 1. The van der Waals surface area contributed by atoms with Crippen molar-refractivity contribution in [2.24, 2.45) is 11.8 Å². The average molecular weight is 457 g/mol. The van der Waals surface area contributed by atoms with E-state index in [0.717, 1.165) is 52.4 Å². The van der Waals surface area contributed by atoms with Gasteiger partial charge in [0.05, 0.1) is 0 Å². The van der Waals surface area contributed by atoms with Crippen LogP contribution in [0.15, 0.2) is 58.1 Å². The lowest BCUT2D eigenvalue weighted by atomic mass is 9.71. The van der Waals surface area contributed by atoms with Crippen molar-refractivity contribution in [3.8, 4) is 11.5 Å². The fraction of sp³-hybridized carbons (Fsp3) is 0.462. The van der Waals surface area contributed by atoms with Crippen LogP contribution in [-0.2, 0) is 0 Å². The number of hydrogen-bond donors (Lipinski definition) is 2. The summed E-state index contributed by atoms with van der Waals surface area (Å²) in [7, 11) is 0. The van der Waals surface area contributed by atoms with Crippen LogP contribution in [-0.4, -0.2) is 10.2 Å². The summed E-state index contributed by atoms with van der Waals surface area (Å²) in [5.74, 6) is 0.934. The van der Waals surface area contributed by atoms with Gasteiger partial charge in [0.1, 0.15) is 11.5 Å². The molecule has 0 aliphatic heterocycles. The van der Waals surface area contributed by atoms with Gasteiger partial charge in [0.15, 0.2) is 0 Å². The van der Waals surface area contributed by atoms with E-state index >= 15 is 0 Å². The summed E-state index contributed by atoms with van der Waals surface area (Å²) in [4.78, 5) is 0. The second kappa shape index (κ2) is 8.55. The van der Waals surface area contributed by atoms with Gasteiger partial charge >= 0.3 is 0 Å². The molecule has 0 heterocycles. The predicted octanol–water partition coefficient (Wildman–Crippen LogP) is 7.89. The molecular weight excluding hydrogens is 424 g/mol. The summed E-state index contributed by atoms with van der Waals surface area (Å²) in [6, 6.07) is 1.52. The highest BCUT2D eigenvalue weighted by Gasteiger charge is 2.35. The Balaban J connectivity index is 2.21. The van der Waals surface area contributed by atoms with Gasteiger partial charge in [0.2, 0.25) is 0 Å². The first-order chi connectivity index (χ1) is 13.6. The first-order valence-electron chi connectivity index (χ1n) is 10.5. The molecule has 0 saturated heterocycles. The van der Waals surface area contributed by atoms with Crippen molar-refractivity contribution >= 4 is 15.9 Å². The van der Waals surface area contributed by atoms with Gasteiger partial charge in [-0.3, -0.25) is 0 Å². The van der Waals surface area contributed by atoms with Crippen LogP contribution in [0.2, 0.25) is 0 Å². The Hall–Kier alpha value is -1.74. The van der Waals surface area contributed by atoms with Crippen molar-refractivity contribution in [2.45, 2.75) is 65.2 Å². The maximum Gasteiger partial charge on any atom is 0.124 e. The van der Waals surface area contributed by atoms with E-state index in [1.54, 1.807) is 0 Å². The number of hydrogen-bond acceptors (Lipinski definition) is 2. The average Bonchev–Trinajstić information content (AvgIpc) is 2.61. The molecule has 1 aromatic rings. The predicted molar refractivity (Wildman–Crippen MR) is 126 cm³/mol. The fourth-order valence-electron chi connectivity index (χ4n) is 5.10. The minimum atomic E-state index is 0.0481. The number of benzene rings is 1. The van der Waals surface area contributed by atoms with E-state index in [4.69, 9.17) is 0 Å². The number of phenolic OH excluding ortho intramolecular Hbond substituents is 2. The third kappa shape index (κ3) is 4.26. The zero-order valence-corrected chi connectivity index (χ0v) is 19.6. The minimum Gasteiger partial charge on any atom is -0.507 e. The van der Waals surface area contributed by atoms with Crippen LogP contribution in [0, 0.1) is 11.8 Å². The maximum atomic E-state index is 10.9. The molecule has 0 bridgehead atoms. The SMILES string of the molecule is C=C(C)[C@@H]1CCC(C)=C[C@H]1c1c(O)cc(O)c([C@@H]2C=C(C)CC[C@H]2C(=C)C)c1Br. The van der Waals surface area contributed by atoms with Crippen LogP contribution in [0.4, 0.5) is 0 Å². The summed E-state index contributed by atoms with van der Waals surface area (Å²) in [6.07, 6.45) is 8.70. The van der Waals surface area contributed by atoms with Crippen molar-refractivity contribution in [1.82, 2.24) is 0 Å². The topological polar surface area (TPSA) is 40.5 Å². The summed E-state index contributed by atoms with van der Waals surface area (Å²) in [5.41, 5.74) is 6.66. The second-order valence-corrected chi connectivity index (χ2v) is 9.91. The zero-order valence-electron chi connectivity index (χ0n) is 18.1. The summed E-state index contributed by atoms with van der Waals surface area (Å²) in [5, 5.41) is 21.8. The van der Waals surface area contributed by atoms with Crippen molar-refractivity contribution in [2.75, 3.05) is 0 Å². The van der Waals surface area contributed by atoms with Gasteiger partial charge in [-0.2, -0.15) is 0 Å². The molecule has 0 unspecified atom stereocenters. The Labute approximate surface area is 183 Å². The molecule has 2 aliphatic rings. The molecule has 0 fully saturated rings. The van der Waals surface area contributed by atoms with Gasteiger partial charge in [-0.05, 0) is 81.1 Å². The zero-order chi connectivity index (χ0) is 21.5. The van der Waals surface area contributed by atoms with Crippen LogP contribution < -0.4 is 0 Å². The standard InChI is InChI=1S/C26H33BrO2/c1-14(2)18-9-7-16(5)11-20(18)24-22(28)13-23(29)25(26(24)27)21-12-17(6)8-10-19(21)15(3)4/h11-13,18-21,28-29H,1,3,7-10H2,2,4-6H3/t18-,19-,20+,21+/m0/s1. The van der Waals surface area contributed by atoms with E-state index in [1.807, 2.05) is 0 Å². The number of phenols is 2. The van der Waals surface area contributed by atoms with Crippen molar-refractivity contribution in [1.29, 1.82) is 0 Å². The molecule has 3 rings (SSSR count). The molecule has 2 nitrogen and oxygen atoms in total. The minimum absolute atomic E-state index is 0.0481. The quantitative estimate of drug-likeness (QED) is 0.451. The molecule has 0 aromatic heterocycles. The van der Waals surface area contributed by atoms with Gasteiger partial charge in [-0.25, -0.2) is 0 Å². The van der Waals surface area contributed by atoms with Crippen LogP contribution in [0.5, 0.6) is 11.5 Å². The normalized spacial score (nSPS) is 27.2. The van der Waals surface area contributed by atoms with Gasteiger partial charge < -0.3 is 10.2 Å². The Kier molecular flexibility index (Phi) is 6.48. The van der Waals surface area contributed by atoms with Gasteiger partial charge in [-0.15, -0.1) is 0 Å². The number of aromatic hydroxyl groups is 2. The Morgan fingerprint density at radius 1 is 0.862 bits per heavy atom. The molecule has 1 aromatic carbocycles. The molecule has 29 heavy (non-hydrogen) atoms. The highest BCUT2D eigenvalue weighted by atomic mass is 79.9. The van der Waals surface area contributed by atoms with E-state index in [9.17, 15) is 10.2 Å². The number of rotatable bonds is 4. The van der Waals surface area contributed by atoms with Crippen LogP contribution >= 0.6 is 15.9 Å². The molecule has 156 valence electrons. The van der Waals surface area contributed by atoms with Gasteiger partial charge in [0, 0.05) is 33.5 Å². The molecule has 4 atom stereocenters. The van der Waals surface area contributed by atoms with Gasteiger partial charge in [-0.1, -0.05) is 47.6 Å². The second-order valence-electron chi connectivity index (χ2n) is 9.12. The van der Waals surface area contributed by atoms with Crippen LogP contribution in [0.1, 0.15) is 76.3 Å². The van der Waals surface area contributed by atoms with E-state index in [-0.39, 0.29) is 35.2 Å². The fourth-order valence-corrected chi connectivity index (χ4v) is 6.04.